The van der Waals surface area contributed by atoms with Gasteiger partial charge >= 0.3 is 6.09 Å². The summed E-state index contributed by atoms with van der Waals surface area (Å²) in [5.74, 6) is 0.758. The molecule has 0 unspecified atom stereocenters. The zero-order valence-electron chi connectivity index (χ0n) is 19.2. The highest BCUT2D eigenvalue weighted by Crippen LogP contribution is 2.47. The van der Waals surface area contributed by atoms with Crippen LogP contribution in [0.4, 0.5) is 14.9 Å². The summed E-state index contributed by atoms with van der Waals surface area (Å²) in [7, 11) is 1.66. The maximum absolute atomic E-state index is 12.4. The van der Waals surface area contributed by atoms with E-state index < -0.39 is 0 Å². The van der Waals surface area contributed by atoms with E-state index in [0.29, 0.717) is 19.7 Å². The molecule has 1 amide bonds. The number of fused-ring (bicyclic) bond motifs is 3. The van der Waals surface area contributed by atoms with Crippen molar-refractivity contribution in [3.8, 4) is 16.3 Å². The number of aromatic nitrogens is 2. The Hall–Kier alpha value is -3.21. The number of carbonyl (C=O) groups is 1. The number of thiophene rings is 1. The van der Waals surface area contributed by atoms with E-state index >= 15 is 0 Å². The Kier molecular flexibility index (Phi) is 5.79. The number of ether oxygens (including phenoxy) is 2. The van der Waals surface area contributed by atoms with Gasteiger partial charge in [0.1, 0.15) is 21.3 Å². The third-order valence-corrected chi connectivity index (χ3v) is 9.04. The highest BCUT2D eigenvalue weighted by atomic mass is 32.1. The lowest BCUT2D eigenvalue weighted by molar-refractivity contribution is 0.103. The molecule has 7 nitrogen and oxygen atoms in total. The van der Waals surface area contributed by atoms with Gasteiger partial charge in [0, 0.05) is 17.0 Å². The third kappa shape index (κ3) is 4.01. The maximum Gasteiger partial charge on any atom is 0.410 e. The van der Waals surface area contributed by atoms with E-state index in [1.54, 1.807) is 46.0 Å². The molecule has 6 rings (SSSR count). The molecule has 0 saturated heterocycles. The monoisotopic (exact) mass is 522 g/mol. The molecule has 2 aromatic carbocycles. The Morgan fingerprint density at radius 2 is 1.94 bits per heavy atom. The molecule has 178 valence electrons. The SMILES string of the molecule is CCOC(=O)N1CCc2c(sc(Nc3nc4c(OC)cccc4s3)c2-c2nc3ccccc3s2)C1. The van der Waals surface area contributed by atoms with Crippen LogP contribution < -0.4 is 10.1 Å². The number of rotatable bonds is 5. The molecule has 10 heteroatoms. The number of amides is 1. The number of thiazole rings is 2. The lowest BCUT2D eigenvalue weighted by Gasteiger charge is -2.26. The molecule has 0 atom stereocenters. The molecular weight excluding hydrogens is 501 g/mol. The van der Waals surface area contributed by atoms with Gasteiger partial charge < -0.3 is 19.7 Å². The van der Waals surface area contributed by atoms with Crippen molar-refractivity contribution in [2.45, 2.75) is 19.9 Å². The first-order valence-electron chi connectivity index (χ1n) is 11.3. The number of hydrogen-bond acceptors (Lipinski definition) is 9. The Morgan fingerprint density at radius 1 is 1.09 bits per heavy atom. The van der Waals surface area contributed by atoms with Crippen LogP contribution >= 0.6 is 34.0 Å². The maximum atomic E-state index is 12.4. The van der Waals surface area contributed by atoms with E-state index in [4.69, 9.17) is 19.4 Å². The Labute approximate surface area is 214 Å². The molecule has 1 aliphatic heterocycles. The Morgan fingerprint density at radius 3 is 2.77 bits per heavy atom. The van der Waals surface area contributed by atoms with Crippen molar-refractivity contribution in [3.63, 3.8) is 0 Å². The first-order valence-corrected chi connectivity index (χ1v) is 13.7. The minimum atomic E-state index is -0.263. The first kappa shape index (κ1) is 22.3. The van der Waals surface area contributed by atoms with Crippen molar-refractivity contribution in [2.75, 3.05) is 25.6 Å². The summed E-state index contributed by atoms with van der Waals surface area (Å²) >= 11 is 4.95. The number of nitrogens with one attached hydrogen (secondary N) is 1. The van der Waals surface area contributed by atoms with Gasteiger partial charge in [0.2, 0.25) is 0 Å². The van der Waals surface area contributed by atoms with Crippen LogP contribution in [0.5, 0.6) is 5.75 Å². The lowest BCUT2D eigenvalue weighted by atomic mass is 10.0. The summed E-state index contributed by atoms with van der Waals surface area (Å²) in [5.41, 5.74) is 4.20. The number of carbonyl (C=O) groups excluding carboxylic acids is 1. The van der Waals surface area contributed by atoms with Crippen LogP contribution in [0.25, 0.3) is 31.0 Å². The van der Waals surface area contributed by atoms with Gasteiger partial charge in [-0.1, -0.05) is 29.5 Å². The molecule has 0 fully saturated rings. The summed E-state index contributed by atoms with van der Waals surface area (Å²) in [6.45, 7) is 3.36. The zero-order valence-corrected chi connectivity index (χ0v) is 21.6. The molecule has 0 aliphatic carbocycles. The average molecular weight is 523 g/mol. The van der Waals surface area contributed by atoms with E-state index in [-0.39, 0.29) is 6.09 Å². The van der Waals surface area contributed by atoms with Crippen LogP contribution in [0, 0.1) is 0 Å². The summed E-state index contributed by atoms with van der Waals surface area (Å²) < 4.78 is 13.0. The van der Waals surface area contributed by atoms with Gasteiger partial charge in [-0.25, -0.2) is 14.8 Å². The van der Waals surface area contributed by atoms with Crippen LogP contribution in [-0.4, -0.2) is 41.2 Å². The quantitative estimate of drug-likeness (QED) is 0.271. The molecular formula is C25H22N4O3S3. The van der Waals surface area contributed by atoms with Gasteiger partial charge in [0.15, 0.2) is 5.13 Å². The van der Waals surface area contributed by atoms with E-state index in [0.717, 1.165) is 58.2 Å². The molecule has 1 aliphatic rings. The molecule has 4 heterocycles. The molecule has 1 N–H and O–H groups in total. The van der Waals surface area contributed by atoms with E-state index in [9.17, 15) is 4.79 Å². The van der Waals surface area contributed by atoms with Gasteiger partial charge in [-0.2, -0.15) is 0 Å². The van der Waals surface area contributed by atoms with E-state index in [1.165, 1.54) is 5.56 Å². The number of methoxy groups -OCH3 is 1. The van der Waals surface area contributed by atoms with Gasteiger partial charge in [-0.05, 0) is 43.2 Å². The smallest absolute Gasteiger partial charge is 0.410 e. The Bertz CT molecular complexity index is 1520. The predicted molar refractivity (Wildman–Crippen MR) is 144 cm³/mol. The van der Waals surface area contributed by atoms with Gasteiger partial charge in [-0.15, -0.1) is 22.7 Å². The summed E-state index contributed by atoms with van der Waals surface area (Å²) in [4.78, 5) is 25.1. The minimum Gasteiger partial charge on any atom is -0.494 e. The first-order chi connectivity index (χ1) is 17.1. The van der Waals surface area contributed by atoms with E-state index in [2.05, 4.69) is 11.4 Å². The normalized spacial score (nSPS) is 13.3. The van der Waals surface area contributed by atoms with Crippen molar-refractivity contribution < 1.29 is 14.3 Å². The zero-order chi connectivity index (χ0) is 23.9. The highest BCUT2D eigenvalue weighted by Gasteiger charge is 2.30. The predicted octanol–water partition coefficient (Wildman–Crippen LogP) is 6.90. The molecule has 35 heavy (non-hydrogen) atoms. The van der Waals surface area contributed by atoms with Crippen LogP contribution in [0.2, 0.25) is 0 Å². The van der Waals surface area contributed by atoms with Gasteiger partial charge in [-0.3, -0.25) is 0 Å². The van der Waals surface area contributed by atoms with Crippen molar-refractivity contribution >= 4 is 70.7 Å². The molecule has 0 spiro atoms. The highest BCUT2D eigenvalue weighted by molar-refractivity contribution is 7.24. The third-order valence-electron chi connectivity index (χ3n) is 5.91. The van der Waals surface area contributed by atoms with Gasteiger partial charge in [0.05, 0.1) is 35.2 Å². The number of anilines is 2. The van der Waals surface area contributed by atoms with Crippen molar-refractivity contribution in [3.05, 3.63) is 52.9 Å². The number of benzene rings is 2. The van der Waals surface area contributed by atoms with Crippen molar-refractivity contribution in [1.82, 2.24) is 14.9 Å². The second-order valence-electron chi connectivity index (χ2n) is 8.02. The molecule has 0 bridgehead atoms. The number of nitrogens with zero attached hydrogens (tertiary/aromatic N) is 3. The summed E-state index contributed by atoms with van der Waals surface area (Å²) in [6, 6.07) is 14.1. The molecule has 0 saturated carbocycles. The standard InChI is InChI=1S/C25H22N4O3S3/c1-3-32-25(30)29-12-11-14-19(13-29)34-23(20(14)22-26-15-7-4-5-9-17(15)33-22)28-24-27-21-16(31-2)8-6-10-18(21)35-24/h4-10H,3,11-13H2,1-2H3,(H,27,28). The van der Waals surface area contributed by atoms with Crippen LogP contribution in [-0.2, 0) is 17.7 Å². The van der Waals surface area contributed by atoms with Crippen molar-refractivity contribution in [2.24, 2.45) is 0 Å². The number of hydrogen-bond donors (Lipinski definition) is 1. The van der Waals surface area contributed by atoms with Crippen LogP contribution in [0.1, 0.15) is 17.4 Å². The van der Waals surface area contributed by atoms with Crippen LogP contribution in [0.15, 0.2) is 42.5 Å². The van der Waals surface area contributed by atoms with Crippen molar-refractivity contribution in [1.29, 1.82) is 0 Å². The van der Waals surface area contributed by atoms with E-state index in [1.807, 2.05) is 43.3 Å². The fraction of sp³-hybridized carbons (Fsp3) is 0.240. The topological polar surface area (TPSA) is 76.6 Å². The summed E-state index contributed by atoms with van der Waals surface area (Å²) in [5, 5.41) is 6.36. The molecule has 3 aromatic heterocycles. The molecule has 5 aromatic rings. The minimum absolute atomic E-state index is 0.263. The fourth-order valence-electron chi connectivity index (χ4n) is 4.31. The number of para-hydroxylation sites is 2. The fourth-order valence-corrected chi connectivity index (χ4v) is 7.63. The average Bonchev–Trinajstić information content (AvgIpc) is 3.57. The Balaban J connectivity index is 1.44. The molecule has 0 radical (unpaired) electrons. The second-order valence-corrected chi connectivity index (χ2v) is 11.2. The summed E-state index contributed by atoms with van der Waals surface area (Å²) in [6.07, 6.45) is 0.492. The largest absolute Gasteiger partial charge is 0.494 e. The van der Waals surface area contributed by atoms with Crippen LogP contribution in [0.3, 0.4) is 0 Å². The second kappa shape index (κ2) is 9.10. The van der Waals surface area contributed by atoms with Gasteiger partial charge in [0.25, 0.3) is 0 Å². The lowest BCUT2D eigenvalue weighted by Crippen LogP contribution is -2.35.